The number of rotatable bonds is 14. The SMILES string of the molecule is CC(=O)O[C@@H](C)/C=C\C(=O)C[C@@H]1C[C@H](C)[C@H](C/C=C(C)/C=C/C2O[C@@H](CCOCc3ccccc3)C[C@]3(CO3)[C@H]2O)O[C@@H]1C. The first-order chi connectivity index (χ1) is 21.0. The largest absolute Gasteiger partial charge is 0.459 e. The number of esters is 1. The van der Waals surface area contributed by atoms with Gasteiger partial charge in [-0.15, -0.1) is 0 Å². The van der Waals surface area contributed by atoms with Crippen LogP contribution in [0.3, 0.4) is 0 Å². The molecule has 8 heteroatoms. The predicted octanol–water partition coefficient (Wildman–Crippen LogP) is 5.67. The molecule has 1 unspecified atom stereocenters. The Balaban J connectivity index is 1.23. The van der Waals surface area contributed by atoms with Gasteiger partial charge >= 0.3 is 5.97 Å². The highest BCUT2D eigenvalue weighted by atomic mass is 16.6. The molecule has 242 valence electrons. The van der Waals surface area contributed by atoms with Crippen LogP contribution in [0.4, 0.5) is 0 Å². The van der Waals surface area contributed by atoms with Crippen molar-refractivity contribution in [2.24, 2.45) is 11.8 Å². The van der Waals surface area contributed by atoms with Gasteiger partial charge in [-0.25, -0.2) is 0 Å². The second kappa shape index (κ2) is 16.1. The summed E-state index contributed by atoms with van der Waals surface area (Å²) in [7, 11) is 0. The zero-order valence-corrected chi connectivity index (χ0v) is 26.9. The number of ether oxygens (including phenoxy) is 5. The van der Waals surface area contributed by atoms with Gasteiger partial charge in [-0.3, -0.25) is 9.59 Å². The lowest BCUT2D eigenvalue weighted by atomic mass is 9.81. The number of carbonyl (C=O) groups is 2. The molecule has 3 aliphatic rings. The van der Waals surface area contributed by atoms with Crippen LogP contribution in [0.5, 0.6) is 0 Å². The Labute approximate surface area is 262 Å². The van der Waals surface area contributed by atoms with Gasteiger partial charge in [0.1, 0.15) is 23.9 Å². The molecular formula is C36H50O8. The van der Waals surface area contributed by atoms with Crippen LogP contribution in [0.15, 0.2) is 66.3 Å². The maximum absolute atomic E-state index is 12.5. The van der Waals surface area contributed by atoms with E-state index in [0.717, 1.165) is 30.4 Å². The standard InChI is InChI=1S/C36H50O8/c1-24(11-15-33-25(2)19-30(27(4)43-33)20-31(38)14-13-26(3)42-28(5)37)12-16-34-35(39)36(23-41-36)21-32(44-34)17-18-40-22-29-9-7-6-8-10-29/h6-14,16,25-27,30,32-35,39H,15,17-23H2,1-5H3/b14-13-,16-12+,24-11+/t25-,26-,27+,30-,32-,33-,34?,35-,36-/m0/s1. The van der Waals surface area contributed by atoms with Crippen LogP contribution >= 0.6 is 0 Å². The summed E-state index contributed by atoms with van der Waals surface area (Å²) in [6, 6.07) is 10.1. The van der Waals surface area contributed by atoms with Crippen LogP contribution in [0.1, 0.15) is 72.3 Å². The van der Waals surface area contributed by atoms with Crippen molar-refractivity contribution in [3.05, 3.63) is 71.8 Å². The zero-order chi connectivity index (χ0) is 31.7. The molecule has 1 spiro atoms. The lowest BCUT2D eigenvalue weighted by molar-refractivity contribution is -0.143. The zero-order valence-electron chi connectivity index (χ0n) is 26.9. The van der Waals surface area contributed by atoms with E-state index in [-0.39, 0.29) is 36.0 Å². The third-order valence-electron chi connectivity index (χ3n) is 8.94. The number of aliphatic hydroxyl groups excluding tert-OH is 1. The third kappa shape index (κ3) is 10.2. The smallest absolute Gasteiger partial charge is 0.303 e. The summed E-state index contributed by atoms with van der Waals surface area (Å²) >= 11 is 0. The van der Waals surface area contributed by atoms with Crippen LogP contribution in [0.2, 0.25) is 0 Å². The summed E-state index contributed by atoms with van der Waals surface area (Å²) in [6.45, 7) is 11.1. The molecule has 0 aromatic heterocycles. The molecule has 1 N–H and O–H groups in total. The summed E-state index contributed by atoms with van der Waals surface area (Å²) in [4.78, 5) is 23.6. The fraction of sp³-hybridized carbons (Fsp3) is 0.611. The van der Waals surface area contributed by atoms with Crippen molar-refractivity contribution in [2.45, 2.75) is 116 Å². The highest BCUT2D eigenvalue weighted by Gasteiger charge is 2.58. The number of carbonyl (C=O) groups excluding carboxylic acids is 2. The highest BCUT2D eigenvalue weighted by Crippen LogP contribution is 2.43. The van der Waals surface area contributed by atoms with E-state index >= 15 is 0 Å². The minimum absolute atomic E-state index is 0.0171. The van der Waals surface area contributed by atoms with E-state index in [1.807, 2.05) is 44.2 Å². The van der Waals surface area contributed by atoms with E-state index in [9.17, 15) is 14.7 Å². The Morgan fingerprint density at radius 2 is 1.89 bits per heavy atom. The first-order valence-corrected chi connectivity index (χ1v) is 16.0. The molecule has 3 saturated heterocycles. The predicted molar refractivity (Wildman–Crippen MR) is 168 cm³/mol. The number of hydrogen-bond donors (Lipinski definition) is 1. The molecule has 0 bridgehead atoms. The molecule has 4 rings (SSSR count). The van der Waals surface area contributed by atoms with Gasteiger partial charge in [-0.2, -0.15) is 0 Å². The second-order valence-corrected chi connectivity index (χ2v) is 12.8. The Bertz CT molecular complexity index is 1170. The first-order valence-electron chi connectivity index (χ1n) is 16.0. The van der Waals surface area contributed by atoms with Crippen molar-refractivity contribution in [1.82, 2.24) is 0 Å². The summed E-state index contributed by atoms with van der Waals surface area (Å²) in [5.41, 5.74) is 1.71. The lowest BCUT2D eigenvalue weighted by Gasteiger charge is -2.38. The minimum atomic E-state index is -0.699. The van der Waals surface area contributed by atoms with Gasteiger partial charge in [-0.1, -0.05) is 61.1 Å². The van der Waals surface area contributed by atoms with Crippen LogP contribution in [0, 0.1) is 11.8 Å². The molecule has 9 atom stereocenters. The maximum Gasteiger partial charge on any atom is 0.303 e. The number of benzene rings is 1. The molecule has 1 aromatic carbocycles. The van der Waals surface area contributed by atoms with E-state index < -0.39 is 23.9 Å². The molecule has 0 amide bonds. The van der Waals surface area contributed by atoms with Crippen LogP contribution in [0.25, 0.3) is 0 Å². The number of epoxide rings is 1. The van der Waals surface area contributed by atoms with Crippen molar-refractivity contribution >= 4 is 11.8 Å². The van der Waals surface area contributed by atoms with E-state index in [4.69, 9.17) is 23.7 Å². The summed E-state index contributed by atoms with van der Waals surface area (Å²) in [6.07, 6.45) is 11.2. The monoisotopic (exact) mass is 610 g/mol. The first kappa shape index (κ1) is 34.3. The quantitative estimate of drug-likeness (QED) is 0.0945. The van der Waals surface area contributed by atoms with Crippen molar-refractivity contribution in [3.8, 4) is 0 Å². The van der Waals surface area contributed by atoms with Crippen molar-refractivity contribution in [1.29, 1.82) is 0 Å². The van der Waals surface area contributed by atoms with Gasteiger partial charge in [0.25, 0.3) is 0 Å². The van der Waals surface area contributed by atoms with Gasteiger partial charge in [0.05, 0.1) is 31.5 Å². The number of aliphatic hydroxyl groups is 1. The fourth-order valence-electron chi connectivity index (χ4n) is 6.20. The van der Waals surface area contributed by atoms with Gasteiger partial charge in [0.2, 0.25) is 0 Å². The Hall–Kier alpha value is -2.62. The molecule has 3 heterocycles. The second-order valence-electron chi connectivity index (χ2n) is 12.8. The Kier molecular flexibility index (Phi) is 12.5. The van der Waals surface area contributed by atoms with Gasteiger partial charge in [0.15, 0.2) is 5.78 Å². The molecule has 0 aliphatic carbocycles. The number of allylic oxidation sites excluding steroid dienone is 3. The molecule has 3 aliphatic heterocycles. The van der Waals surface area contributed by atoms with Crippen molar-refractivity contribution in [3.63, 3.8) is 0 Å². The third-order valence-corrected chi connectivity index (χ3v) is 8.94. The van der Waals surface area contributed by atoms with Gasteiger partial charge in [0, 0.05) is 26.4 Å². The topological polar surface area (TPSA) is 104 Å². The van der Waals surface area contributed by atoms with Crippen LogP contribution in [-0.4, -0.2) is 72.3 Å². The van der Waals surface area contributed by atoms with Gasteiger partial charge < -0.3 is 28.8 Å². The van der Waals surface area contributed by atoms with E-state index in [0.29, 0.717) is 38.6 Å². The maximum atomic E-state index is 12.5. The number of ketones is 1. The average molecular weight is 611 g/mol. The summed E-state index contributed by atoms with van der Waals surface area (Å²) < 4.78 is 29.3. The molecule has 8 nitrogen and oxygen atoms in total. The van der Waals surface area contributed by atoms with E-state index in [2.05, 4.69) is 25.1 Å². The Morgan fingerprint density at radius 1 is 1.14 bits per heavy atom. The van der Waals surface area contributed by atoms with Crippen molar-refractivity contribution in [2.75, 3.05) is 13.2 Å². The van der Waals surface area contributed by atoms with Crippen LogP contribution < -0.4 is 0 Å². The fourth-order valence-corrected chi connectivity index (χ4v) is 6.20. The normalized spacial score (nSPS) is 33.1. The average Bonchev–Trinajstić information content (AvgIpc) is 3.76. The molecular weight excluding hydrogens is 560 g/mol. The molecule has 44 heavy (non-hydrogen) atoms. The molecule has 0 radical (unpaired) electrons. The molecule has 3 fully saturated rings. The van der Waals surface area contributed by atoms with E-state index in [1.54, 1.807) is 13.0 Å². The highest BCUT2D eigenvalue weighted by molar-refractivity contribution is 5.89. The minimum Gasteiger partial charge on any atom is -0.459 e. The van der Waals surface area contributed by atoms with Gasteiger partial charge in [-0.05, 0) is 69.6 Å². The molecule has 1 aromatic rings. The Morgan fingerprint density at radius 3 is 2.59 bits per heavy atom. The van der Waals surface area contributed by atoms with Crippen molar-refractivity contribution < 1.29 is 38.4 Å². The lowest BCUT2D eigenvalue weighted by Crippen LogP contribution is -2.50. The van der Waals surface area contributed by atoms with Crippen LogP contribution in [-0.2, 0) is 39.9 Å². The van der Waals surface area contributed by atoms with E-state index in [1.165, 1.54) is 13.0 Å². The summed E-state index contributed by atoms with van der Waals surface area (Å²) in [5.74, 6) is 0.102. The number of hydrogen-bond acceptors (Lipinski definition) is 8. The molecule has 0 saturated carbocycles. The summed E-state index contributed by atoms with van der Waals surface area (Å²) in [5, 5.41) is 11.0.